The van der Waals surface area contributed by atoms with Crippen molar-refractivity contribution in [3.05, 3.63) is 56.8 Å². The molecule has 1 atom stereocenters. The first-order chi connectivity index (χ1) is 14.9. The van der Waals surface area contributed by atoms with E-state index in [4.69, 9.17) is 16.3 Å². The quantitative estimate of drug-likeness (QED) is 0.609. The second-order valence-electron chi connectivity index (χ2n) is 7.50. The summed E-state index contributed by atoms with van der Waals surface area (Å²) in [5, 5.41) is 9.42. The van der Waals surface area contributed by atoms with Crippen LogP contribution in [0.4, 0.5) is 8.78 Å². The van der Waals surface area contributed by atoms with E-state index in [0.29, 0.717) is 0 Å². The van der Waals surface area contributed by atoms with E-state index in [2.05, 4.69) is 9.88 Å². The Morgan fingerprint density at radius 2 is 2.13 bits per heavy atom. The topological polar surface area (TPSA) is 71.1 Å². The number of benzene rings is 1. The summed E-state index contributed by atoms with van der Waals surface area (Å²) in [5.74, 6) is -1.45. The van der Waals surface area contributed by atoms with Crippen LogP contribution in [0.25, 0.3) is 22.3 Å². The van der Waals surface area contributed by atoms with E-state index in [1.807, 2.05) is 13.1 Å². The monoisotopic (exact) mass is 444 g/mol. The first-order valence-electron chi connectivity index (χ1n) is 9.73. The number of likely N-dealkylation sites (N-methyl/N-ethyl adjacent to an activating group) is 1. The highest BCUT2D eigenvalue weighted by molar-refractivity contribution is 6.36. The van der Waals surface area contributed by atoms with Crippen molar-refractivity contribution in [3.63, 3.8) is 0 Å². The number of aromatic nitrogens is 2. The van der Waals surface area contributed by atoms with E-state index >= 15 is 4.39 Å². The number of ether oxygens (including phenoxy) is 1. The number of halogens is 3. The second kappa shape index (κ2) is 8.25. The molecular weight excluding hydrogens is 426 g/mol. The number of hydrogen-bond donors (Lipinski definition) is 0. The first-order valence-corrected chi connectivity index (χ1v) is 10.1. The van der Waals surface area contributed by atoms with Crippen molar-refractivity contribution < 1.29 is 13.5 Å². The highest BCUT2D eigenvalue weighted by Crippen LogP contribution is 2.35. The van der Waals surface area contributed by atoms with Crippen LogP contribution in [0.1, 0.15) is 18.4 Å². The van der Waals surface area contributed by atoms with Crippen molar-refractivity contribution in [1.29, 1.82) is 5.26 Å². The molecule has 0 aliphatic carbocycles. The fourth-order valence-electron chi connectivity index (χ4n) is 4.07. The molecular formula is C22H19ClF2N4O2. The minimum atomic E-state index is -0.843. The van der Waals surface area contributed by atoms with Gasteiger partial charge in [-0.05, 0) is 44.6 Å². The van der Waals surface area contributed by atoms with Crippen LogP contribution in [0.15, 0.2) is 29.1 Å². The summed E-state index contributed by atoms with van der Waals surface area (Å²) in [6.45, 7) is 1.14. The number of likely N-dealkylation sites (tertiary alicyclic amines) is 1. The number of fused-ring (bicyclic) bond motifs is 1. The highest BCUT2D eigenvalue weighted by atomic mass is 35.5. The lowest BCUT2D eigenvalue weighted by Crippen LogP contribution is -2.35. The van der Waals surface area contributed by atoms with Gasteiger partial charge < -0.3 is 9.64 Å². The molecule has 0 N–H and O–H groups in total. The van der Waals surface area contributed by atoms with Crippen molar-refractivity contribution in [2.45, 2.75) is 25.4 Å². The normalized spacial score (nSPS) is 16.6. The number of nitrogens with zero attached hydrogens (tertiary/aromatic N) is 4. The van der Waals surface area contributed by atoms with Crippen LogP contribution in [0.3, 0.4) is 0 Å². The van der Waals surface area contributed by atoms with E-state index < -0.39 is 17.2 Å². The first kappa shape index (κ1) is 21.2. The van der Waals surface area contributed by atoms with Crippen molar-refractivity contribution in [2.24, 2.45) is 0 Å². The fraction of sp³-hybridized carbons (Fsp3) is 0.318. The van der Waals surface area contributed by atoms with E-state index in [1.165, 1.54) is 29.9 Å². The van der Waals surface area contributed by atoms with Crippen molar-refractivity contribution in [3.8, 4) is 23.1 Å². The molecule has 1 aliphatic rings. The summed E-state index contributed by atoms with van der Waals surface area (Å²) >= 11 is 6.27. The van der Waals surface area contributed by atoms with E-state index in [9.17, 15) is 14.4 Å². The predicted octanol–water partition coefficient (Wildman–Crippen LogP) is 3.97. The van der Waals surface area contributed by atoms with E-state index in [0.717, 1.165) is 25.5 Å². The van der Waals surface area contributed by atoms with Gasteiger partial charge in [-0.2, -0.15) is 5.26 Å². The van der Waals surface area contributed by atoms with Gasteiger partial charge in [-0.25, -0.2) is 13.8 Å². The molecule has 6 nitrogen and oxygen atoms in total. The maximum Gasteiger partial charge on any atom is 0.271 e. The average molecular weight is 445 g/mol. The number of rotatable bonds is 4. The Hall–Kier alpha value is -3.02. The summed E-state index contributed by atoms with van der Waals surface area (Å²) < 4.78 is 36.3. The molecule has 4 rings (SSSR count). The van der Waals surface area contributed by atoms with Crippen LogP contribution < -0.4 is 10.3 Å². The summed E-state index contributed by atoms with van der Waals surface area (Å²) in [5.41, 5.74) is -1.23. The summed E-state index contributed by atoms with van der Waals surface area (Å²) in [4.78, 5) is 19.5. The lowest BCUT2D eigenvalue weighted by molar-refractivity contribution is 0.282. The van der Waals surface area contributed by atoms with Gasteiger partial charge in [0.25, 0.3) is 5.56 Å². The largest absolute Gasteiger partial charge is 0.496 e. The molecule has 31 heavy (non-hydrogen) atoms. The molecule has 1 fully saturated rings. The molecule has 3 heterocycles. The van der Waals surface area contributed by atoms with Crippen LogP contribution >= 0.6 is 11.6 Å². The van der Waals surface area contributed by atoms with Crippen molar-refractivity contribution in [2.75, 3.05) is 20.7 Å². The second-order valence-corrected chi connectivity index (χ2v) is 7.88. The third-order valence-corrected chi connectivity index (χ3v) is 6.13. The average Bonchev–Trinajstić information content (AvgIpc) is 3.16. The molecule has 0 radical (unpaired) electrons. The van der Waals surface area contributed by atoms with Gasteiger partial charge in [-0.1, -0.05) is 17.7 Å². The Morgan fingerprint density at radius 3 is 2.77 bits per heavy atom. The number of nitriles is 1. The number of pyridine rings is 2. The Kier molecular flexibility index (Phi) is 5.65. The van der Waals surface area contributed by atoms with E-state index in [-0.39, 0.29) is 51.2 Å². The van der Waals surface area contributed by atoms with Gasteiger partial charge in [-0.15, -0.1) is 0 Å². The molecule has 9 heteroatoms. The molecule has 2 aromatic heterocycles. The fourth-order valence-corrected chi connectivity index (χ4v) is 4.33. The van der Waals surface area contributed by atoms with Crippen LogP contribution in [-0.4, -0.2) is 41.2 Å². The lowest BCUT2D eigenvalue weighted by Gasteiger charge is -2.22. The minimum Gasteiger partial charge on any atom is -0.496 e. The molecule has 1 saturated heterocycles. The van der Waals surface area contributed by atoms with Gasteiger partial charge in [0.05, 0.1) is 17.7 Å². The lowest BCUT2D eigenvalue weighted by atomic mass is 10.1. The van der Waals surface area contributed by atoms with Crippen molar-refractivity contribution >= 4 is 22.6 Å². The zero-order chi connectivity index (χ0) is 22.3. The summed E-state index contributed by atoms with van der Waals surface area (Å²) in [6.07, 6.45) is 1.84. The minimum absolute atomic E-state index is 0.0481. The summed E-state index contributed by atoms with van der Waals surface area (Å²) in [6, 6.07) is 7.06. The van der Waals surface area contributed by atoms with Crippen LogP contribution in [0.5, 0.6) is 5.75 Å². The van der Waals surface area contributed by atoms with Crippen molar-refractivity contribution in [1.82, 2.24) is 14.5 Å². The SMILES string of the molecule is COc1cccc(F)c1-c1nc2c(cc1F)c(Cl)c(C#N)c(=O)n2C[C@@H]1CCCN1C. The molecule has 3 aromatic rings. The Balaban J connectivity index is 2.04. The van der Waals surface area contributed by atoms with Gasteiger partial charge in [0.1, 0.15) is 34.5 Å². The molecule has 0 unspecified atom stereocenters. The van der Waals surface area contributed by atoms with Gasteiger partial charge in [0, 0.05) is 18.0 Å². The van der Waals surface area contributed by atoms with Gasteiger partial charge in [0.2, 0.25) is 0 Å². The zero-order valence-electron chi connectivity index (χ0n) is 17.0. The van der Waals surface area contributed by atoms with Gasteiger partial charge >= 0.3 is 0 Å². The van der Waals surface area contributed by atoms with Crippen LogP contribution in [0, 0.1) is 23.0 Å². The Labute approximate surface area is 182 Å². The predicted molar refractivity (Wildman–Crippen MR) is 113 cm³/mol. The molecule has 0 spiro atoms. The highest BCUT2D eigenvalue weighted by Gasteiger charge is 2.26. The summed E-state index contributed by atoms with van der Waals surface area (Å²) in [7, 11) is 3.30. The van der Waals surface area contributed by atoms with Crippen LogP contribution in [0.2, 0.25) is 5.02 Å². The Bertz CT molecular complexity index is 1290. The molecule has 0 amide bonds. The zero-order valence-corrected chi connectivity index (χ0v) is 17.7. The number of methoxy groups -OCH3 is 1. The standard InChI is InChI=1S/C22H19ClF2N4O2/c1-28-8-4-5-12(28)11-29-21-13(19(23)14(10-26)22(29)30)9-16(25)20(27-21)18-15(24)6-3-7-17(18)31-2/h3,6-7,9,12H,4-5,8,11H2,1-2H3/t12-/m0/s1. The smallest absolute Gasteiger partial charge is 0.271 e. The van der Waals surface area contributed by atoms with Gasteiger partial charge in [-0.3, -0.25) is 9.36 Å². The Morgan fingerprint density at radius 1 is 1.35 bits per heavy atom. The van der Waals surface area contributed by atoms with E-state index in [1.54, 1.807) is 0 Å². The molecule has 0 saturated carbocycles. The molecule has 0 bridgehead atoms. The van der Waals surface area contributed by atoms with Crippen LogP contribution in [-0.2, 0) is 6.54 Å². The molecule has 1 aliphatic heterocycles. The third-order valence-electron chi connectivity index (χ3n) is 5.74. The number of hydrogen-bond acceptors (Lipinski definition) is 5. The van der Waals surface area contributed by atoms with Gasteiger partial charge in [0.15, 0.2) is 5.82 Å². The molecule has 1 aromatic carbocycles. The third kappa shape index (κ3) is 3.54. The maximum atomic E-state index is 15.1. The molecule has 160 valence electrons. The maximum absolute atomic E-state index is 15.1.